The minimum atomic E-state index is -0.920. The van der Waals surface area contributed by atoms with Gasteiger partial charge >= 0.3 is 12.1 Å². The summed E-state index contributed by atoms with van der Waals surface area (Å²) in [5.74, 6) is -0.465. The maximum absolute atomic E-state index is 15.0. The van der Waals surface area contributed by atoms with Gasteiger partial charge in [0.15, 0.2) is 0 Å². The summed E-state index contributed by atoms with van der Waals surface area (Å²) >= 11 is 4.58. The van der Waals surface area contributed by atoms with E-state index in [4.69, 9.17) is 9.84 Å². The van der Waals surface area contributed by atoms with Gasteiger partial charge in [-0.05, 0) is 37.3 Å². The van der Waals surface area contributed by atoms with E-state index in [1.807, 2.05) is 4.90 Å². The van der Waals surface area contributed by atoms with Crippen LogP contribution in [0.15, 0.2) is 36.9 Å². The van der Waals surface area contributed by atoms with E-state index in [2.05, 4.69) is 22.5 Å². The number of carbonyl (C=O) groups excluding carboxylic acids is 2. The number of imidazole rings is 1. The van der Waals surface area contributed by atoms with E-state index in [-0.39, 0.29) is 24.3 Å². The van der Waals surface area contributed by atoms with Crippen LogP contribution in [0.25, 0.3) is 0 Å². The predicted octanol–water partition coefficient (Wildman–Crippen LogP) is 1.96. The third-order valence-electron chi connectivity index (χ3n) is 5.52. The maximum atomic E-state index is 15.0. The first kappa shape index (κ1) is 21.8. The largest absolute Gasteiger partial charge is 0.487 e. The number of rotatable bonds is 4. The normalized spacial score (nSPS) is 20.9. The number of aliphatic hydroxyl groups excluding tert-OH is 1. The smallest absolute Gasteiger partial charge is 0.415 e. The van der Waals surface area contributed by atoms with Crippen LogP contribution < -0.4 is 15.1 Å². The van der Waals surface area contributed by atoms with Crippen molar-refractivity contribution in [1.29, 1.82) is 0 Å². The topological polar surface area (TPSA) is 103 Å². The number of benzene rings is 1. The highest BCUT2D eigenvalue weighted by Crippen LogP contribution is 2.31. The van der Waals surface area contributed by atoms with Crippen molar-refractivity contribution in [2.24, 2.45) is 0 Å². The van der Waals surface area contributed by atoms with E-state index in [1.165, 1.54) is 21.9 Å². The first-order valence-corrected chi connectivity index (χ1v) is 10.5. The quantitative estimate of drug-likeness (QED) is 0.665. The number of aliphatic hydroxyl groups is 1. The lowest BCUT2D eigenvalue weighted by molar-refractivity contribution is 0.0747. The third-order valence-corrected chi connectivity index (χ3v) is 5.66. The molecule has 0 unspecified atom stereocenters. The van der Waals surface area contributed by atoms with E-state index < -0.39 is 17.5 Å². The number of carbonyl (C=O) groups is 2. The van der Waals surface area contributed by atoms with Crippen LogP contribution in [0, 0.1) is 5.82 Å². The predicted molar refractivity (Wildman–Crippen MR) is 119 cm³/mol. The molecule has 1 aromatic heterocycles. The van der Waals surface area contributed by atoms with E-state index in [0.29, 0.717) is 37.6 Å². The molecule has 2 aromatic rings. The summed E-state index contributed by atoms with van der Waals surface area (Å²) in [6.45, 7) is 3.87. The number of ether oxygens (including phenoxy) is 1. The number of piperazine rings is 1. The zero-order valence-corrected chi connectivity index (χ0v) is 18.2. The Morgan fingerprint density at radius 3 is 2.72 bits per heavy atom. The van der Waals surface area contributed by atoms with Crippen LogP contribution in [0.2, 0.25) is 0 Å². The summed E-state index contributed by atoms with van der Waals surface area (Å²) in [5.41, 5.74) is -0.136. The van der Waals surface area contributed by atoms with Crippen LogP contribution in [-0.2, 0) is 4.74 Å². The second kappa shape index (κ2) is 8.61. The SMILES string of the molecule is C[C@]1(CNC(O)=S)CN(c2ccc(N3CCN(C(=O)n4ccnc4)CC3)c(F)c2)C(=O)O1. The van der Waals surface area contributed by atoms with E-state index >= 15 is 0 Å². The molecule has 1 aromatic carbocycles. The summed E-state index contributed by atoms with van der Waals surface area (Å²) < 4.78 is 21.8. The molecule has 170 valence electrons. The highest BCUT2D eigenvalue weighted by atomic mass is 32.1. The van der Waals surface area contributed by atoms with Crippen molar-refractivity contribution in [3.05, 3.63) is 42.7 Å². The fraction of sp³-hybridized carbons (Fsp3) is 0.400. The molecule has 2 N–H and O–H groups in total. The average molecular weight is 463 g/mol. The second-order valence-electron chi connectivity index (χ2n) is 7.93. The molecule has 32 heavy (non-hydrogen) atoms. The number of halogens is 1. The van der Waals surface area contributed by atoms with Crippen LogP contribution in [-0.4, -0.2) is 81.7 Å². The lowest BCUT2D eigenvalue weighted by Gasteiger charge is -2.36. The van der Waals surface area contributed by atoms with Gasteiger partial charge in [0.1, 0.15) is 17.7 Å². The molecule has 3 heterocycles. The van der Waals surface area contributed by atoms with Gasteiger partial charge in [0, 0.05) is 38.6 Å². The number of hydrogen-bond donors (Lipinski definition) is 2. The number of nitrogens with one attached hydrogen (secondary N) is 1. The highest BCUT2D eigenvalue weighted by molar-refractivity contribution is 7.79. The molecule has 4 rings (SSSR count). The highest BCUT2D eigenvalue weighted by Gasteiger charge is 2.42. The number of thiocarbonyl (C=S) groups is 1. The van der Waals surface area contributed by atoms with E-state index in [1.54, 1.807) is 36.4 Å². The van der Waals surface area contributed by atoms with Crippen molar-refractivity contribution < 1.29 is 23.8 Å². The zero-order valence-electron chi connectivity index (χ0n) is 17.4. The Hall–Kier alpha value is -3.41. The van der Waals surface area contributed by atoms with Crippen molar-refractivity contribution >= 4 is 40.9 Å². The Balaban J connectivity index is 1.40. The molecular weight excluding hydrogens is 439 g/mol. The molecule has 1 atom stereocenters. The number of nitrogens with zero attached hydrogens (tertiary/aromatic N) is 5. The summed E-state index contributed by atoms with van der Waals surface area (Å²) in [6, 6.07) is 4.43. The Morgan fingerprint density at radius 1 is 1.34 bits per heavy atom. The van der Waals surface area contributed by atoms with Gasteiger partial charge in [-0.1, -0.05) is 0 Å². The first-order chi connectivity index (χ1) is 15.3. The Morgan fingerprint density at radius 2 is 2.09 bits per heavy atom. The average Bonchev–Trinajstić information content (AvgIpc) is 3.40. The Kier molecular flexibility index (Phi) is 5.87. The van der Waals surface area contributed by atoms with Crippen LogP contribution in [0.3, 0.4) is 0 Å². The van der Waals surface area contributed by atoms with E-state index in [0.717, 1.165) is 0 Å². The van der Waals surface area contributed by atoms with Gasteiger partial charge in [0.25, 0.3) is 5.17 Å². The molecule has 2 amide bonds. The number of hydrogen-bond acceptors (Lipinski definition) is 6. The molecule has 0 bridgehead atoms. The monoisotopic (exact) mass is 462 g/mol. The molecule has 0 spiro atoms. The van der Waals surface area contributed by atoms with Crippen LogP contribution >= 0.6 is 12.2 Å². The fourth-order valence-electron chi connectivity index (χ4n) is 3.84. The fourth-order valence-corrected chi connectivity index (χ4v) is 3.91. The minimum absolute atomic E-state index is 0.132. The van der Waals surface area contributed by atoms with E-state index in [9.17, 15) is 14.0 Å². The van der Waals surface area contributed by atoms with Gasteiger partial charge in [0.05, 0.1) is 24.5 Å². The summed E-state index contributed by atoms with van der Waals surface area (Å²) in [7, 11) is 0. The van der Waals surface area contributed by atoms with Crippen molar-refractivity contribution in [1.82, 2.24) is 19.8 Å². The van der Waals surface area contributed by atoms with Gasteiger partial charge in [0.2, 0.25) is 0 Å². The van der Waals surface area contributed by atoms with Crippen LogP contribution in [0.5, 0.6) is 0 Å². The minimum Gasteiger partial charge on any atom is -0.487 e. The number of cyclic esters (lactones) is 1. The molecule has 0 saturated carbocycles. The molecule has 10 nitrogen and oxygen atoms in total. The standard InChI is InChI=1S/C20H23FN6O4S/c1-20(11-23-17(28)32)12-27(19(30)31-20)14-2-3-16(15(21)10-14)24-6-8-25(9-7-24)18(29)26-5-4-22-13-26/h2-5,10,13H,6-9,11-12H2,1H3,(H2,23,28,32)/t20-/m0/s1. The third kappa shape index (κ3) is 4.44. The first-order valence-electron chi connectivity index (χ1n) is 10.0. The van der Waals surface area contributed by atoms with Crippen molar-refractivity contribution in [2.75, 3.05) is 49.1 Å². The van der Waals surface area contributed by atoms with Gasteiger partial charge in [-0.2, -0.15) is 0 Å². The van der Waals surface area contributed by atoms with Gasteiger partial charge in [-0.15, -0.1) is 0 Å². The summed E-state index contributed by atoms with van der Waals surface area (Å²) in [6.07, 6.45) is 3.99. The van der Waals surface area contributed by atoms with Crippen molar-refractivity contribution in [2.45, 2.75) is 12.5 Å². The second-order valence-corrected chi connectivity index (χ2v) is 8.31. The summed E-state index contributed by atoms with van der Waals surface area (Å²) in [5, 5.41) is 11.3. The van der Waals surface area contributed by atoms with Crippen LogP contribution in [0.1, 0.15) is 6.92 Å². The molecule has 2 fully saturated rings. The van der Waals surface area contributed by atoms with Gasteiger partial charge in [-0.25, -0.2) is 19.0 Å². The van der Waals surface area contributed by atoms with Crippen LogP contribution in [0.4, 0.5) is 25.4 Å². The molecule has 0 aliphatic carbocycles. The molecule has 2 aliphatic heterocycles. The van der Waals surface area contributed by atoms with Crippen molar-refractivity contribution in [3.63, 3.8) is 0 Å². The number of aromatic nitrogens is 2. The molecular formula is C20H23FN6O4S. The summed E-state index contributed by atoms with van der Waals surface area (Å²) in [4.78, 5) is 33.5. The molecule has 2 saturated heterocycles. The lowest BCUT2D eigenvalue weighted by Crippen LogP contribution is -2.50. The maximum Gasteiger partial charge on any atom is 0.415 e. The Bertz CT molecular complexity index is 1030. The Labute approximate surface area is 189 Å². The van der Waals surface area contributed by atoms with Gasteiger partial charge in [-0.3, -0.25) is 9.47 Å². The van der Waals surface area contributed by atoms with Crippen molar-refractivity contribution in [3.8, 4) is 0 Å². The molecule has 2 aliphatic rings. The zero-order chi connectivity index (χ0) is 22.9. The van der Waals surface area contributed by atoms with Gasteiger partial charge < -0.3 is 25.0 Å². The molecule has 0 radical (unpaired) electrons. The number of amides is 2. The molecule has 12 heteroatoms. The lowest BCUT2D eigenvalue weighted by atomic mass is 10.1. The number of anilines is 2.